The molecule has 0 bridgehead atoms. The van der Waals surface area contributed by atoms with Gasteiger partial charge in [-0.25, -0.2) is 0 Å². The van der Waals surface area contributed by atoms with E-state index in [0.29, 0.717) is 0 Å². The predicted molar refractivity (Wildman–Crippen MR) is 80.0 cm³/mol. The number of ether oxygens (including phenoxy) is 1. The normalized spacial score (nSPS) is 14.4. The van der Waals surface area contributed by atoms with E-state index in [9.17, 15) is 0 Å². The second-order valence-electron chi connectivity index (χ2n) is 5.12. The third-order valence-corrected chi connectivity index (χ3v) is 4.33. The Bertz CT molecular complexity index is 543. The topological polar surface area (TPSA) is 9.23 Å². The van der Waals surface area contributed by atoms with Crippen molar-refractivity contribution in [2.45, 2.75) is 29.6 Å². The molecular formula is C17H18OS. The second kappa shape index (κ2) is 5.70. The summed E-state index contributed by atoms with van der Waals surface area (Å²) >= 11 is 1.77. The van der Waals surface area contributed by atoms with Crippen molar-refractivity contribution in [2.75, 3.05) is 6.61 Å². The quantitative estimate of drug-likeness (QED) is 0.761. The first-order valence-corrected chi connectivity index (χ1v) is 7.59. The number of benzene rings is 2. The molecule has 1 aliphatic carbocycles. The molecule has 2 aromatic carbocycles. The Morgan fingerprint density at radius 2 is 1.79 bits per heavy atom. The molecule has 0 radical (unpaired) electrons. The van der Waals surface area contributed by atoms with E-state index in [4.69, 9.17) is 4.74 Å². The van der Waals surface area contributed by atoms with Crippen molar-refractivity contribution in [3.63, 3.8) is 0 Å². The van der Waals surface area contributed by atoms with Gasteiger partial charge in [-0.1, -0.05) is 41.6 Å². The van der Waals surface area contributed by atoms with Gasteiger partial charge in [0.2, 0.25) is 0 Å². The molecule has 0 amide bonds. The van der Waals surface area contributed by atoms with Crippen LogP contribution in [0.25, 0.3) is 0 Å². The van der Waals surface area contributed by atoms with E-state index in [1.165, 1.54) is 28.2 Å². The van der Waals surface area contributed by atoms with Gasteiger partial charge in [-0.05, 0) is 49.9 Å². The highest BCUT2D eigenvalue weighted by Gasteiger charge is 2.22. The second-order valence-corrected chi connectivity index (χ2v) is 6.23. The Balaban J connectivity index is 1.73. The van der Waals surface area contributed by atoms with Crippen LogP contribution in [0.15, 0.2) is 58.3 Å². The Morgan fingerprint density at radius 3 is 2.53 bits per heavy atom. The minimum atomic E-state index is 0.789. The molecule has 0 N–H and O–H groups in total. The Morgan fingerprint density at radius 1 is 1.05 bits per heavy atom. The summed E-state index contributed by atoms with van der Waals surface area (Å²) in [7, 11) is 0. The minimum absolute atomic E-state index is 0.789. The fourth-order valence-electron chi connectivity index (χ4n) is 1.88. The van der Waals surface area contributed by atoms with Crippen molar-refractivity contribution in [1.82, 2.24) is 0 Å². The van der Waals surface area contributed by atoms with E-state index >= 15 is 0 Å². The molecule has 3 rings (SSSR count). The van der Waals surface area contributed by atoms with Gasteiger partial charge in [-0.3, -0.25) is 0 Å². The van der Waals surface area contributed by atoms with Gasteiger partial charge in [-0.2, -0.15) is 0 Å². The third kappa shape index (κ3) is 3.54. The van der Waals surface area contributed by atoms with Crippen LogP contribution in [0.4, 0.5) is 0 Å². The van der Waals surface area contributed by atoms with Gasteiger partial charge in [0.1, 0.15) is 5.75 Å². The van der Waals surface area contributed by atoms with Crippen LogP contribution in [0.1, 0.15) is 18.4 Å². The van der Waals surface area contributed by atoms with Gasteiger partial charge >= 0.3 is 0 Å². The van der Waals surface area contributed by atoms with Gasteiger partial charge in [0.05, 0.1) is 11.5 Å². The van der Waals surface area contributed by atoms with Crippen molar-refractivity contribution in [2.24, 2.45) is 5.92 Å². The third-order valence-electron chi connectivity index (χ3n) is 3.27. The lowest BCUT2D eigenvalue weighted by Gasteiger charge is -2.10. The van der Waals surface area contributed by atoms with Crippen LogP contribution < -0.4 is 4.74 Å². The van der Waals surface area contributed by atoms with E-state index in [2.05, 4.69) is 49.4 Å². The number of aryl methyl sites for hydroxylation is 1. The SMILES string of the molecule is Cc1ccc(Sc2ccccc2OCC2CC2)cc1. The van der Waals surface area contributed by atoms with Crippen LogP contribution in [0.5, 0.6) is 5.75 Å². The highest BCUT2D eigenvalue weighted by Crippen LogP contribution is 2.36. The molecule has 2 heteroatoms. The van der Waals surface area contributed by atoms with E-state index in [1.54, 1.807) is 11.8 Å². The fourth-order valence-corrected chi connectivity index (χ4v) is 2.78. The summed E-state index contributed by atoms with van der Waals surface area (Å²) in [5.41, 5.74) is 1.29. The molecule has 0 aromatic heterocycles. The monoisotopic (exact) mass is 270 g/mol. The van der Waals surface area contributed by atoms with Crippen molar-refractivity contribution < 1.29 is 4.74 Å². The first kappa shape index (κ1) is 12.6. The molecule has 0 saturated heterocycles. The number of rotatable bonds is 5. The zero-order valence-electron chi connectivity index (χ0n) is 11.1. The maximum absolute atomic E-state index is 5.94. The summed E-state index contributed by atoms with van der Waals surface area (Å²) in [4.78, 5) is 2.46. The average molecular weight is 270 g/mol. The van der Waals surface area contributed by atoms with Crippen LogP contribution in [-0.2, 0) is 0 Å². The zero-order valence-corrected chi connectivity index (χ0v) is 12.0. The summed E-state index contributed by atoms with van der Waals surface area (Å²) in [6.45, 7) is 2.98. The van der Waals surface area contributed by atoms with Crippen LogP contribution in [0, 0.1) is 12.8 Å². The molecule has 1 nitrogen and oxygen atoms in total. The molecule has 1 aliphatic rings. The van der Waals surface area contributed by atoms with E-state index in [-0.39, 0.29) is 0 Å². The van der Waals surface area contributed by atoms with Gasteiger partial charge in [-0.15, -0.1) is 0 Å². The van der Waals surface area contributed by atoms with Gasteiger partial charge in [0, 0.05) is 4.90 Å². The average Bonchev–Trinajstić information content (AvgIpc) is 3.25. The maximum Gasteiger partial charge on any atom is 0.133 e. The summed E-state index contributed by atoms with van der Waals surface area (Å²) in [5, 5.41) is 0. The van der Waals surface area contributed by atoms with E-state index < -0.39 is 0 Å². The van der Waals surface area contributed by atoms with Crippen LogP contribution in [-0.4, -0.2) is 6.61 Å². The molecule has 1 fully saturated rings. The standard InChI is InChI=1S/C17H18OS/c1-13-6-10-15(11-7-13)19-17-5-3-2-4-16(17)18-12-14-8-9-14/h2-7,10-11,14H,8-9,12H2,1H3. The lowest BCUT2D eigenvalue weighted by molar-refractivity contribution is 0.293. The number of para-hydroxylation sites is 1. The highest BCUT2D eigenvalue weighted by atomic mass is 32.2. The van der Waals surface area contributed by atoms with Gasteiger partial charge in [0.15, 0.2) is 0 Å². The van der Waals surface area contributed by atoms with Crippen molar-refractivity contribution in [3.8, 4) is 5.75 Å². The molecular weight excluding hydrogens is 252 g/mol. The zero-order chi connectivity index (χ0) is 13.1. The summed E-state index contributed by atoms with van der Waals surface area (Å²) in [6.07, 6.45) is 2.65. The molecule has 98 valence electrons. The van der Waals surface area contributed by atoms with E-state index in [0.717, 1.165) is 18.3 Å². The first-order valence-electron chi connectivity index (χ1n) is 6.77. The minimum Gasteiger partial charge on any atom is -0.492 e. The van der Waals surface area contributed by atoms with Crippen LogP contribution in [0.3, 0.4) is 0 Å². The molecule has 2 aromatic rings. The predicted octanol–water partition coefficient (Wildman–Crippen LogP) is 4.94. The number of hydrogen-bond donors (Lipinski definition) is 0. The van der Waals surface area contributed by atoms with E-state index in [1.807, 2.05) is 6.07 Å². The summed E-state index contributed by atoms with van der Waals surface area (Å²) in [6, 6.07) is 16.9. The Hall–Kier alpha value is -1.41. The van der Waals surface area contributed by atoms with Gasteiger partial charge in [0.25, 0.3) is 0 Å². The lowest BCUT2D eigenvalue weighted by Crippen LogP contribution is -1.99. The Labute approximate surface area is 119 Å². The first-order chi connectivity index (χ1) is 9.31. The summed E-state index contributed by atoms with van der Waals surface area (Å²) < 4.78 is 5.94. The smallest absolute Gasteiger partial charge is 0.133 e. The largest absolute Gasteiger partial charge is 0.492 e. The van der Waals surface area contributed by atoms with Crippen molar-refractivity contribution in [3.05, 3.63) is 54.1 Å². The highest BCUT2D eigenvalue weighted by molar-refractivity contribution is 7.99. The summed E-state index contributed by atoms with van der Waals surface area (Å²) in [5.74, 6) is 1.80. The Kier molecular flexibility index (Phi) is 3.79. The van der Waals surface area contributed by atoms with Crippen LogP contribution >= 0.6 is 11.8 Å². The lowest BCUT2D eigenvalue weighted by atomic mass is 10.2. The maximum atomic E-state index is 5.94. The molecule has 0 aliphatic heterocycles. The molecule has 19 heavy (non-hydrogen) atoms. The van der Waals surface area contributed by atoms with Crippen LogP contribution in [0.2, 0.25) is 0 Å². The molecule has 0 atom stereocenters. The van der Waals surface area contributed by atoms with Crippen molar-refractivity contribution in [1.29, 1.82) is 0 Å². The molecule has 0 spiro atoms. The molecule has 0 heterocycles. The molecule has 1 saturated carbocycles. The molecule has 0 unspecified atom stereocenters. The number of hydrogen-bond acceptors (Lipinski definition) is 2. The fraction of sp³-hybridized carbons (Fsp3) is 0.294. The van der Waals surface area contributed by atoms with Gasteiger partial charge < -0.3 is 4.74 Å². The van der Waals surface area contributed by atoms with Crippen molar-refractivity contribution >= 4 is 11.8 Å².